The largest absolute Gasteiger partial charge is 0.493 e. The van der Waals surface area contributed by atoms with Gasteiger partial charge >= 0.3 is 6.01 Å². The van der Waals surface area contributed by atoms with E-state index in [1.165, 1.54) is 26.7 Å². The van der Waals surface area contributed by atoms with E-state index in [1.54, 1.807) is 12.1 Å². The number of fused-ring (bicyclic) bond motifs is 1. The van der Waals surface area contributed by atoms with Gasteiger partial charge in [0.1, 0.15) is 12.1 Å². The fourth-order valence-corrected chi connectivity index (χ4v) is 2.55. The van der Waals surface area contributed by atoms with E-state index in [2.05, 4.69) is 25.0 Å². The summed E-state index contributed by atoms with van der Waals surface area (Å²) in [5.41, 5.74) is 0.629. The van der Waals surface area contributed by atoms with Crippen molar-refractivity contribution in [2.24, 2.45) is 0 Å². The third kappa shape index (κ3) is 3.71. The zero-order valence-electron chi connectivity index (χ0n) is 13.6. The summed E-state index contributed by atoms with van der Waals surface area (Å²) in [6.45, 7) is 0. The summed E-state index contributed by atoms with van der Waals surface area (Å²) in [6.07, 6.45) is 3.71. The number of oxazole rings is 1. The quantitative estimate of drug-likeness (QED) is 0.671. The van der Waals surface area contributed by atoms with E-state index in [9.17, 15) is 8.42 Å². The van der Waals surface area contributed by atoms with Crippen LogP contribution in [0.4, 0.5) is 17.7 Å². The molecule has 0 bridgehead atoms. The van der Waals surface area contributed by atoms with Gasteiger partial charge in [0.2, 0.25) is 15.9 Å². The van der Waals surface area contributed by atoms with Crippen LogP contribution in [0.25, 0.3) is 10.9 Å². The molecule has 2 heterocycles. The molecule has 11 heteroatoms. The van der Waals surface area contributed by atoms with E-state index in [1.807, 2.05) is 0 Å². The van der Waals surface area contributed by atoms with Gasteiger partial charge in [-0.05, 0) is 6.07 Å². The minimum atomic E-state index is -3.48. The van der Waals surface area contributed by atoms with Crippen molar-refractivity contribution in [1.29, 1.82) is 0 Å². The first kappa shape index (κ1) is 16.8. The molecule has 0 saturated carbocycles. The molecular formula is C14H15N5O5S. The van der Waals surface area contributed by atoms with Crippen molar-refractivity contribution in [3.63, 3.8) is 0 Å². The summed E-state index contributed by atoms with van der Waals surface area (Å²) in [5, 5.41) is 3.59. The molecule has 1 aromatic carbocycles. The second-order valence-electron chi connectivity index (χ2n) is 4.98. The van der Waals surface area contributed by atoms with Crippen LogP contribution in [0, 0.1) is 0 Å². The standard InChI is InChI=1S/C14H15N5O5S/c1-22-10-4-8-9(5-11(10)23-2)16-7-17-13(8)18-12-6-15-14(24-12)19-25(3,20)21/h4-7H,1-3H3,(H,15,19)(H,16,17,18). The lowest BCUT2D eigenvalue weighted by Gasteiger charge is -2.10. The molecular weight excluding hydrogens is 350 g/mol. The van der Waals surface area contributed by atoms with Gasteiger partial charge in [-0.15, -0.1) is 0 Å². The van der Waals surface area contributed by atoms with E-state index < -0.39 is 10.0 Å². The van der Waals surface area contributed by atoms with Crippen LogP contribution in [0.1, 0.15) is 0 Å². The number of anilines is 3. The Balaban J connectivity index is 1.96. The first-order valence-corrected chi connectivity index (χ1v) is 8.86. The fourth-order valence-electron chi connectivity index (χ4n) is 2.14. The molecule has 0 aliphatic rings. The highest BCUT2D eigenvalue weighted by Gasteiger charge is 2.13. The molecule has 10 nitrogen and oxygen atoms in total. The fraction of sp³-hybridized carbons (Fsp3) is 0.214. The Hall–Kier alpha value is -3.08. The summed E-state index contributed by atoms with van der Waals surface area (Å²) in [4.78, 5) is 12.2. The maximum absolute atomic E-state index is 11.2. The number of methoxy groups -OCH3 is 2. The molecule has 2 aromatic heterocycles. The van der Waals surface area contributed by atoms with Gasteiger partial charge in [-0.25, -0.2) is 23.1 Å². The van der Waals surface area contributed by atoms with Gasteiger partial charge in [-0.2, -0.15) is 4.98 Å². The molecule has 0 amide bonds. The van der Waals surface area contributed by atoms with Crippen molar-refractivity contribution in [3.05, 3.63) is 24.7 Å². The third-order valence-corrected chi connectivity index (χ3v) is 3.71. The minimum absolute atomic E-state index is 0.150. The number of rotatable bonds is 6. The summed E-state index contributed by atoms with van der Waals surface area (Å²) in [6, 6.07) is 3.29. The number of nitrogens with one attached hydrogen (secondary N) is 2. The smallest absolute Gasteiger partial charge is 0.310 e. The molecule has 3 rings (SSSR count). The lowest BCUT2D eigenvalue weighted by Crippen LogP contribution is -2.09. The lowest BCUT2D eigenvalue weighted by atomic mass is 10.2. The van der Waals surface area contributed by atoms with Crippen LogP contribution >= 0.6 is 0 Å². The van der Waals surface area contributed by atoms with Gasteiger partial charge in [0.05, 0.1) is 32.2 Å². The Kier molecular flexibility index (Phi) is 4.31. The van der Waals surface area contributed by atoms with Crippen LogP contribution in [0.5, 0.6) is 11.5 Å². The van der Waals surface area contributed by atoms with Crippen molar-refractivity contribution in [1.82, 2.24) is 15.0 Å². The van der Waals surface area contributed by atoms with Gasteiger partial charge in [0.25, 0.3) is 0 Å². The molecule has 0 saturated heterocycles. The van der Waals surface area contributed by atoms with E-state index in [-0.39, 0.29) is 11.9 Å². The number of aromatic nitrogens is 3. The van der Waals surface area contributed by atoms with E-state index in [4.69, 9.17) is 13.9 Å². The molecule has 0 unspecified atom stereocenters. The molecule has 0 aliphatic carbocycles. The Bertz CT molecular complexity index is 1020. The summed E-state index contributed by atoms with van der Waals surface area (Å²) < 4.78 is 40.4. The minimum Gasteiger partial charge on any atom is -0.493 e. The average molecular weight is 365 g/mol. The normalized spacial score (nSPS) is 11.3. The van der Waals surface area contributed by atoms with E-state index in [0.717, 1.165) is 6.26 Å². The third-order valence-electron chi connectivity index (χ3n) is 3.16. The molecule has 25 heavy (non-hydrogen) atoms. The van der Waals surface area contributed by atoms with Crippen molar-refractivity contribution in [3.8, 4) is 11.5 Å². The van der Waals surface area contributed by atoms with Crippen LogP contribution < -0.4 is 19.5 Å². The Morgan fingerprint density at radius 3 is 2.48 bits per heavy atom. The maximum atomic E-state index is 11.2. The average Bonchev–Trinajstić information content (AvgIpc) is 2.98. The van der Waals surface area contributed by atoms with Gasteiger partial charge in [-0.1, -0.05) is 0 Å². The zero-order chi connectivity index (χ0) is 18.0. The highest BCUT2D eigenvalue weighted by molar-refractivity contribution is 7.91. The molecule has 2 N–H and O–H groups in total. The van der Waals surface area contributed by atoms with Crippen LogP contribution in [0.15, 0.2) is 29.1 Å². The van der Waals surface area contributed by atoms with Gasteiger partial charge < -0.3 is 19.2 Å². The number of sulfonamides is 1. The second-order valence-corrected chi connectivity index (χ2v) is 6.72. The van der Waals surface area contributed by atoms with Crippen LogP contribution in [0.3, 0.4) is 0 Å². The first-order chi connectivity index (χ1) is 11.9. The van der Waals surface area contributed by atoms with Gasteiger partial charge in [0.15, 0.2) is 11.5 Å². The Labute approximate surface area is 143 Å². The van der Waals surface area contributed by atoms with Gasteiger partial charge in [-0.3, -0.25) is 0 Å². The van der Waals surface area contributed by atoms with Crippen molar-refractivity contribution in [2.75, 3.05) is 30.5 Å². The molecule has 3 aromatic rings. The summed E-state index contributed by atoms with van der Waals surface area (Å²) >= 11 is 0. The molecule has 0 aliphatic heterocycles. The summed E-state index contributed by atoms with van der Waals surface area (Å²) in [7, 11) is -0.414. The van der Waals surface area contributed by atoms with E-state index in [0.29, 0.717) is 28.2 Å². The molecule has 0 atom stereocenters. The Morgan fingerprint density at radius 1 is 1.08 bits per heavy atom. The van der Waals surface area contributed by atoms with Crippen LogP contribution in [-0.4, -0.2) is 43.8 Å². The first-order valence-electron chi connectivity index (χ1n) is 6.97. The number of hydrogen-bond donors (Lipinski definition) is 2. The maximum Gasteiger partial charge on any atom is 0.310 e. The number of nitrogens with zero attached hydrogens (tertiary/aromatic N) is 3. The molecule has 0 fully saturated rings. The highest BCUT2D eigenvalue weighted by atomic mass is 32.2. The second kappa shape index (κ2) is 6.43. The number of ether oxygens (including phenoxy) is 2. The molecule has 132 valence electrons. The predicted octanol–water partition coefficient (Wildman–Crippen LogP) is 1.75. The van der Waals surface area contributed by atoms with Crippen molar-refractivity contribution >= 4 is 38.6 Å². The van der Waals surface area contributed by atoms with Crippen LogP contribution in [0.2, 0.25) is 0 Å². The highest BCUT2D eigenvalue weighted by Crippen LogP contribution is 2.34. The lowest BCUT2D eigenvalue weighted by molar-refractivity contribution is 0.356. The Morgan fingerprint density at radius 2 is 1.80 bits per heavy atom. The zero-order valence-corrected chi connectivity index (χ0v) is 14.4. The van der Waals surface area contributed by atoms with Crippen molar-refractivity contribution < 1.29 is 22.3 Å². The monoisotopic (exact) mass is 365 g/mol. The topological polar surface area (TPSA) is 128 Å². The predicted molar refractivity (Wildman–Crippen MR) is 90.9 cm³/mol. The van der Waals surface area contributed by atoms with Crippen molar-refractivity contribution in [2.45, 2.75) is 0 Å². The molecule has 0 radical (unpaired) electrons. The van der Waals surface area contributed by atoms with Gasteiger partial charge in [0, 0.05) is 11.5 Å². The van der Waals surface area contributed by atoms with Crippen LogP contribution in [-0.2, 0) is 10.0 Å². The molecule has 0 spiro atoms. The van der Waals surface area contributed by atoms with E-state index >= 15 is 0 Å². The SMILES string of the molecule is COc1cc2ncnc(Nc3cnc(NS(C)(=O)=O)o3)c2cc1OC. The summed E-state index contributed by atoms with van der Waals surface area (Å²) in [5.74, 6) is 1.71. The number of hydrogen-bond acceptors (Lipinski definition) is 9. The number of benzene rings is 1.